The van der Waals surface area contributed by atoms with Gasteiger partial charge in [-0.15, -0.1) is 4.59 Å². The number of hydrogen-bond acceptors (Lipinski definition) is 5. The van der Waals surface area contributed by atoms with E-state index in [-0.39, 0.29) is 23.3 Å². The highest BCUT2D eigenvalue weighted by Gasteiger charge is 2.46. The normalized spacial score (nSPS) is 26.7. The number of allylic oxidation sites excluding steroid dienone is 1. The molecule has 7 nitrogen and oxygen atoms in total. The first-order chi connectivity index (χ1) is 13.6. The van der Waals surface area contributed by atoms with Crippen LogP contribution >= 0.6 is 15.9 Å². The van der Waals surface area contributed by atoms with E-state index in [1.807, 2.05) is 30.3 Å². The number of likely N-dealkylation sites (tertiary alicyclic amines) is 1. The van der Waals surface area contributed by atoms with Gasteiger partial charge in [0.25, 0.3) is 0 Å². The molecule has 1 saturated heterocycles. The smallest absolute Gasteiger partial charge is 0.410 e. The van der Waals surface area contributed by atoms with Crippen molar-refractivity contribution in [3.8, 4) is 0 Å². The monoisotopic (exact) mass is 444 g/mol. The number of ether oxygens (including phenoxy) is 1. The van der Waals surface area contributed by atoms with Gasteiger partial charge < -0.3 is 4.74 Å². The lowest BCUT2D eigenvalue weighted by atomic mass is 10.1. The van der Waals surface area contributed by atoms with E-state index in [0.717, 1.165) is 42.6 Å². The average Bonchev–Trinajstić information content (AvgIpc) is 2.87. The summed E-state index contributed by atoms with van der Waals surface area (Å²) in [6, 6.07) is 9.52. The molecule has 0 aromatic heterocycles. The second kappa shape index (κ2) is 7.98. The maximum atomic E-state index is 12.9. The Balaban J connectivity index is 1.59. The second-order valence-electron chi connectivity index (χ2n) is 7.10. The van der Waals surface area contributed by atoms with Crippen LogP contribution in [0.1, 0.15) is 31.2 Å². The minimum Gasteiger partial charge on any atom is -0.445 e. The molecule has 0 spiro atoms. The Bertz CT molecular complexity index is 880. The first-order valence-electron chi connectivity index (χ1n) is 9.44. The molecule has 0 saturated carbocycles. The fraction of sp³-hybridized carbons (Fsp3) is 0.350. The van der Waals surface area contributed by atoms with Gasteiger partial charge in [-0.05, 0) is 18.4 Å². The minimum absolute atomic E-state index is 0.0533. The summed E-state index contributed by atoms with van der Waals surface area (Å²) in [6.07, 6.45) is 8.69. The van der Waals surface area contributed by atoms with Gasteiger partial charge in [-0.2, -0.15) is 10.8 Å². The predicted molar refractivity (Wildman–Crippen MR) is 111 cm³/mol. The van der Waals surface area contributed by atoms with Crippen LogP contribution in [0.5, 0.6) is 0 Å². The molecule has 4 rings (SSSR count). The third-order valence-corrected chi connectivity index (χ3v) is 6.04. The zero-order chi connectivity index (χ0) is 19.6. The molecule has 0 bridgehead atoms. The molecule has 3 aliphatic heterocycles. The third-order valence-electron chi connectivity index (χ3n) is 5.27. The van der Waals surface area contributed by atoms with Crippen LogP contribution in [0.3, 0.4) is 0 Å². The molecule has 3 aliphatic rings. The summed E-state index contributed by atoms with van der Waals surface area (Å²) >= 11 is 3.49. The lowest BCUT2D eigenvalue weighted by Crippen LogP contribution is -2.51. The van der Waals surface area contributed by atoms with E-state index in [0.29, 0.717) is 11.3 Å². The van der Waals surface area contributed by atoms with E-state index < -0.39 is 0 Å². The lowest BCUT2D eigenvalue weighted by Gasteiger charge is -2.29. The molecule has 2 N–H and O–H groups in total. The second-order valence-corrected chi connectivity index (χ2v) is 7.81. The van der Waals surface area contributed by atoms with Gasteiger partial charge in [0.2, 0.25) is 5.70 Å². The maximum Gasteiger partial charge on any atom is 0.410 e. The van der Waals surface area contributed by atoms with Gasteiger partial charge in [-0.3, -0.25) is 9.89 Å². The largest absolute Gasteiger partial charge is 0.445 e. The van der Waals surface area contributed by atoms with E-state index in [2.05, 4.69) is 25.9 Å². The van der Waals surface area contributed by atoms with Crippen LogP contribution in [-0.2, 0) is 11.3 Å². The number of halogens is 1. The Hall–Kier alpha value is -2.29. The summed E-state index contributed by atoms with van der Waals surface area (Å²) in [6.45, 7) is 0.891. The van der Waals surface area contributed by atoms with Crippen LogP contribution in [0.2, 0.25) is 0 Å². The van der Waals surface area contributed by atoms with Crippen molar-refractivity contribution in [2.45, 2.75) is 38.3 Å². The molecule has 146 valence electrons. The van der Waals surface area contributed by atoms with Crippen molar-refractivity contribution in [1.82, 2.24) is 4.90 Å². The Kier molecular flexibility index (Phi) is 5.43. The van der Waals surface area contributed by atoms with E-state index in [1.165, 1.54) is 0 Å². The first kappa shape index (κ1) is 19.0. The number of rotatable bonds is 3. The number of amidine groups is 1. The van der Waals surface area contributed by atoms with Crippen LogP contribution in [0.15, 0.2) is 64.1 Å². The summed E-state index contributed by atoms with van der Waals surface area (Å²) < 4.78 is 6.15. The van der Waals surface area contributed by atoms with Gasteiger partial charge in [0, 0.05) is 22.5 Å². The molecule has 1 fully saturated rings. The molecular formula is C20H23BrN5O2+. The number of carbonyl (C=O) groups excluding carboxylic acids is 1. The summed E-state index contributed by atoms with van der Waals surface area (Å²) in [7, 11) is 0. The van der Waals surface area contributed by atoms with Crippen molar-refractivity contribution in [3.05, 3.63) is 59.7 Å². The summed E-state index contributed by atoms with van der Waals surface area (Å²) in [5.74, 6) is 6.49. The average molecular weight is 445 g/mol. The number of aliphatic imine (C=N–C) groups is 2. The highest BCUT2D eigenvalue weighted by atomic mass is 79.9. The Labute approximate surface area is 172 Å². The molecule has 0 aliphatic carbocycles. The first-order valence-corrected chi connectivity index (χ1v) is 10.2. The van der Waals surface area contributed by atoms with E-state index >= 15 is 0 Å². The standard InChI is InChI=1S/C20H23BrN5O2/c21-19-24-18(17-13-23-10-12-26(17,19)22)16-9-5-2-6-11-25(16)20(27)28-14-15-7-3-1-4-8-15/h1,3-4,7-8,10,12-13,16H,2,5-6,9,11,14,22H2/q+1. The lowest BCUT2D eigenvalue weighted by molar-refractivity contribution is -0.746. The summed E-state index contributed by atoms with van der Waals surface area (Å²) in [5.41, 5.74) is 2.52. The number of nitrogens with zero attached hydrogens (tertiary/aromatic N) is 4. The van der Waals surface area contributed by atoms with Gasteiger partial charge in [0.15, 0.2) is 0 Å². The van der Waals surface area contributed by atoms with Crippen molar-refractivity contribution >= 4 is 33.0 Å². The Morgan fingerprint density at radius 2 is 2.11 bits per heavy atom. The van der Waals surface area contributed by atoms with Crippen molar-refractivity contribution < 1.29 is 14.1 Å². The number of benzene rings is 1. The molecule has 2 unspecified atom stereocenters. The molecule has 2 atom stereocenters. The third kappa shape index (κ3) is 3.55. The van der Waals surface area contributed by atoms with E-state index in [9.17, 15) is 4.79 Å². The molecule has 28 heavy (non-hydrogen) atoms. The van der Waals surface area contributed by atoms with Crippen LogP contribution in [-0.4, -0.2) is 39.1 Å². The van der Waals surface area contributed by atoms with Crippen LogP contribution in [0, 0.1) is 0 Å². The quantitative estimate of drug-likeness (QED) is 0.437. The zero-order valence-electron chi connectivity index (χ0n) is 15.5. The molecule has 1 aromatic carbocycles. The van der Waals surface area contributed by atoms with Crippen LogP contribution < -0.4 is 5.84 Å². The SMILES string of the molecule is N[N+]12C=CN=CC1=C(C1CCCCCN1C(=O)OCc1ccccc1)N=C2Br. The van der Waals surface area contributed by atoms with Crippen molar-refractivity contribution in [3.63, 3.8) is 0 Å². The molecule has 3 heterocycles. The van der Waals surface area contributed by atoms with Crippen LogP contribution in [0.25, 0.3) is 0 Å². The van der Waals surface area contributed by atoms with Gasteiger partial charge in [0.05, 0.1) is 18.5 Å². The van der Waals surface area contributed by atoms with E-state index in [4.69, 9.17) is 10.6 Å². The number of amides is 1. The molecule has 8 heteroatoms. The summed E-state index contributed by atoms with van der Waals surface area (Å²) in [4.78, 5) is 23.7. The number of carbonyl (C=O) groups is 1. The van der Waals surface area contributed by atoms with Gasteiger partial charge in [-0.1, -0.05) is 43.2 Å². The molecule has 1 amide bonds. The fourth-order valence-electron chi connectivity index (χ4n) is 3.75. The number of quaternary nitrogens is 1. The number of hydrogen-bond donors (Lipinski definition) is 1. The van der Waals surface area contributed by atoms with Gasteiger partial charge >= 0.3 is 10.8 Å². The Morgan fingerprint density at radius 3 is 2.93 bits per heavy atom. The van der Waals surface area contributed by atoms with Crippen molar-refractivity contribution in [2.75, 3.05) is 6.54 Å². The molecule has 0 radical (unpaired) electrons. The summed E-state index contributed by atoms with van der Waals surface area (Å²) in [5, 5.41) is 0. The highest BCUT2D eigenvalue weighted by molar-refractivity contribution is 9.18. The molecular weight excluding hydrogens is 422 g/mol. The highest BCUT2D eigenvalue weighted by Crippen LogP contribution is 2.36. The van der Waals surface area contributed by atoms with Gasteiger partial charge in [0.1, 0.15) is 18.5 Å². The number of fused-ring (bicyclic) bond motifs is 1. The maximum absolute atomic E-state index is 12.9. The zero-order valence-corrected chi connectivity index (χ0v) is 17.1. The number of nitrogens with two attached hydrogens (primary N) is 1. The topological polar surface area (TPSA) is 80.3 Å². The predicted octanol–water partition coefficient (Wildman–Crippen LogP) is 3.79. The van der Waals surface area contributed by atoms with Gasteiger partial charge in [-0.25, -0.2) is 4.79 Å². The minimum atomic E-state index is -0.319. The Morgan fingerprint density at radius 1 is 1.29 bits per heavy atom. The fourth-order valence-corrected chi connectivity index (χ4v) is 4.25. The van der Waals surface area contributed by atoms with Crippen molar-refractivity contribution in [2.24, 2.45) is 15.8 Å². The van der Waals surface area contributed by atoms with Crippen molar-refractivity contribution in [1.29, 1.82) is 0 Å². The van der Waals surface area contributed by atoms with E-state index in [1.54, 1.807) is 23.5 Å². The molecule has 1 aromatic rings. The van der Waals surface area contributed by atoms with Crippen LogP contribution in [0.4, 0.5) is 4.79 Å².